The number of para-hydroxylation sites is 3. The van der Waals surface area contributed by atoms with E-state index in [9.17, 15) is 24.4 Å². The van der Waals surface area contributed by atoms with Gasteiger partial charge in [-0.05, 0) is 73.5 Å². The van der Waals surface area contributed by atoms with Gasteiger partial charge in [0, 0.05) is 24.4 Å². The van der Waals surface area contributed by atoms with Crippen LogP contribution in [0.5, 0.6) is 40.2 Å². The summed E-state index contributed by atoms with van der Waals surface area (Å²) >= 11 is 0. The minimum Gasteiger partial charge on any atom is -0.497 e. The van der Waals surface area contributed by atoms with E-state index >= 15 is 0 Å². The number of ether oxygens (including phenoxy) is 3. The highest BCUT2D eigenvalue weighted by Gasteiger charge is 2.30. The second-order valence-electron chi connectivity index (χ2n) is 12.4. The monoisotopic (exact) mass is 847 g/mol. The van der Waals surface area contributed by atoms with Gasteiger partial charge < -0.3 is 41.6 Å². The van der Waals surface area contributed by atoms with Crippen LogP contribution in [-0.4, -0.2) is 45.5 Å². The molecule has 1 aliphatic carbocycles. The van der Waals surface area contributed by atoms with E-state index in [2.05, 4.69) is 0 Å². The van der Waals surface area contributed by atoms with E-state index in [1.54, 1.807) is 91.8 Å². The summed E-state index contributed by atoms with van der Waals surface area (Å²) in [7, 11) is -1.19. The molecule has 0 radical (unpaired) electrons. The maximum absolute atomic E-state index is 14.4. The second kappa shape index (κ2) is 22.2. The molecular weight excluding hydrogens is 808 g/mol. The Bertz CT molecular complexity index is 2410. The van der Waals surface area contributed by atoms with Gasteiger partial charge in [-0.25, -0.2) is 0 Å². The number of rotatable bonds is 18. The number of hydrogen-bond donors (Lipinski definition) is 0. The summed E-state index contributed by atoms with van der Waals surface area (Å²) in [6.07, 6.45) is 9.53. The van der Waals surface area contributed by atoms with Crippen molar-refractivity contribution in [1.82, 2.24) is 0 Å². The zero-order valence-corrected chi connectivity index (χ0v) is 34.7. The van der Waals surface area contributed by atoms with Gasteiger partial charge in [-0.2, -0.15) is 0 Å². The first-order valence-electron chi connectivity index (χ1n) is 18.1. The highest BCUT2D eigenvalue weighted by molar-refractivity contribution is 7.47. The number of benzene rings is 5. The number of allylic oxidation sites excluding steroid dienone is 4. The molecule has 0 bridgehead atoms. The molecule has 0 saturated carbocycles. The van der Waals surface area contributed by atoms with Gasteiger partial charge in [-0.3, -0.25) is 14.4 Å². The third kappa shape index (κ3) is 11.8. The molecule has 0 aromatic heterocycles. The summed E-state index contributed by atoms with van der Waals surface area (Å²) < 4.78 is 46.6. The predicted octanol–water partition coefficient (Wildman–Crippen LogP) is 10.2. The lowest BCUT2D eigenvalue weighted by Crippen LogP contribution is -2.12. The van der Waals surface area contributed by atoms with Crippen molar-refractivity contribution in [2.45, 2.75) is 13.3 Å². The van der Waals surface area contributed by atoms with Crippen molar-refractivity contribution in [2.24, 2.45) is 5.92 Å². The van der Waals surface area contributed by atoms with E-state index in [0.29, 0.717) is 35.5 Å². The first kappa shape index (κ1) is 44.1. The lowest BCUT2D eigenvalue weighted by Gasteiger charge is -2.24. The molecule has 6 rings (SSSR count). The Kier molecular flexibility index (Phi) is 16.4. The summed E-state index contributed by atoms with van der Waals surface area (Å²) in [6, 6.07) is 29.9. The Morgan fingerprint density at radius 2 is 1.23 bits per heavy atom. The van der Waals surface area contributed by atoms with Crippen molar-refractivity contribution in [2.75, 3.05) is 20.9 Å². The molecule has 60 heavy (non-hydrogen) atoms. The lowest BCUT2D eigenvalue weighted by molar-refractivity contribution is -0.110. The topological polar surface area (TPSA) is 166 Å². The van der Waals surface area contributed by atoms with E-state index in [1.165, 1.54) is 32.4 Å². The Hall–Kier alpha value is -6.99. The van der Waals surface area contributed by atoms with Crippen LogP contribution in [0.25, 0.3) is 0 Å². The average Bonchev–Trinajstić information content (AvgIpc) is 3.27. The zero-order valence-electron chi connectivity index (χ0n) is 32.9. The van der Waals surface area contributed by atoms with Crippen LogP contribution in [0.4, 0.5) is 0 Å². The maximum Gasteiger partial charge on any atom is 0.530 e. The van der Waals surface area contributed by atoms with Crippen LogP contribution < -0.4 is 32.3 Å². The van der Waals surface area contributed by atoms with Crippen LogP contribution in [0, 0.1) is 24.4 Å². The van der Waals surface area contributed by atoms with Gasteiger partial charge in [0.25, 0.3) is 14.6 Å². The molecule has 0 aliphatic heterocycles. The smallest absolute Gasteiger partial charge is 0.497 e. The molecule has 0 spiro atoms. The van der Waals surface area contributed by atoms with Crippen LogP contribution in [0.15, 0.2) is 133 Å². The summed E-state index contributed by atoms with van der Waals surface area (Å²) in [5, 5.41) is 9.18. The van der Waals surface area contributed by atoms with Crippen molar-refractivity contribution in [3.05, 3.63) is 161 Å². The van der Waals surface area contributed by atoms with E-state index in [0.717, 1.165) is 23.7 Å². The summed E-state index contributed by atoms with van der Waals surface area (Å²) in [4.78, 5) is 48.0. The fraction of sp³-hybridized carbons (Fsp3) is 0.133. The average molecular weight is 848 g/mol. The van der Waals surface area contributed by atoms with Crippen LogP contribution >= 0.6 is 17.0 Å². The highest BCUT2D eigenvalue weighted by Crippen LogP contribution is 2.49. The van der Waals surface area contributed by atoms with Gasteiger partial charge in [0.1, 0.15) is 47.1 Å². The van der Waals surface area contributed by atoms with Crippen LogP contribution in [0.1, 0.15) is 48.6 Å². The lowest BCUT2D eigenvalue weighted by atomic mass is 10.0. The molecule has 15 heteroatoms. The fourth-order valence-electron chi connectivity index (χ4n) is 5.42. The number of carbonyl (C=O) groups is 4. The van der Waals surface area contributed by atoms with E-state index in [4.69, 9.17) is 36.8 Å². The van der Waals surface area contributed by atoms with Crippen LogP contribution in [-0.2, 0) is 9.32 Å². The second-order valence-corrected chi connectivity index (χ2v) is 14.7. The molecule has 13 nitrogen and oxygen atoms in total. The molecule has 1 aliphatic rings. The molecule has 0 N–H and O–H groups in total. The Balaban J connectivity index is 0.000000671. The SMILES string of the molecule is COc1ccc(C(=O)c2ccc(OC)cc2OP(OC2=CC=CCC2C=O)Oc2ccccc2OC#N)c(OP(C)Oc2ccccc2C=O)c1.Cc1ccccc1C=O. The van der Waals surface area contributed by atoms with Crippen molar-refractivity contribution >= 4 is 41.6 Å². The standard InChI is InChI=1S/C37H31NO11P2.C8H8O/c1-42-27-16-18-29(35(20-27)46-50(3)45-31-12-6-4-10-25(31)22-39)37(41)30-19-17-28(43-2)21-36(30)49-51(47-32-13-7-5-11-26(32)23-40)48-34-15-9-8-14-33(34)44-24-38;1-7-4-2-3-5-8(7)6-9/h4-10,12-23,26H,11H2,1-3H3;2-6H,1H3. The van der Waals surface area contributed by atoms with Crippen molar-refractivity contribution in [1.29, 1.82) is 5.26 Å². The molecule has 0 fully saturated rings. The number of hydrogen-bond acceptors (Lipinski definition) is 13. The van der Waals surface area contributed by atoms with Gasteiger partial charge in [-0.1, -0.05) is 60.7 Å². The molecule has 3 atom stereocenters. The Morgan fingerprint density at radius 1 is 0.683 bits per heavy atom. The van der Waals surface area contributed by atoms with Crippen LogP contribution in [0.2, 0.25) is 0 Å². The van der Waals surface area contributed by atoms with E-state index in [1.807, 2.05) is 37.3 Å². The first-order chi connectivity index (χ1) is 29.2. The van der Waals surface area contributed by atoms with Gasteiger partial charge in [0.05, 0.1) is 36.8 Å². The molecular formula is C45H39NO12P2. The molecule has 5 aromatic rings. The molecule has 0 saturated heterocycles. The first-order valence-corrected chi connectivity index (χ1v) is 20.8. The quantitative estimate of drug-likeness (QED) is 0.0354. The van der Waals surface area contributed by atoms with Crippen LogP contribution in [0.3, 0.4) is 0 Å². The molecule has 306 valence electrons. The number of ketones is 1. The minimum absolute atomic E-state index is 0.0236. The predicted molar refractivity (Wildman–Crippen MR) is 225 cm³/mol. The zero-order chi connectivity index (χ0) is 42.9. The van der Waals surface area contributed by atoms with Crippen molar-refractivity contribution < 1.29 is 56.0 Å². The van der Waals surface area contributed by atoms with Gasteiger partial charge in [0.2, 0.25) is 5.78 Å². The Morgan fingerprint density at radius 3 is 1.82 bits per heavy atom. The third-order valence-electron chi connectivity index (χ3n) is 8.53. The van der Waals surface area contributed by atoms with Gasteiger partial charge >= 0.3 is 8.60 Å². The van der Waals surface area contributed by atoms with Crippen molar-refractivity contribution in [3.63, 3.8) is 0 Å². The Labute approximate surface area is 349 Å². The molecule has 0 heterocycles. The summed E-state index contributed by atoms with van der Waals surface area (Å²) in [5.74, 6) is 0.689. The maximum atomic E-state index is 14.4. The summed E-state index contributed by atoms with van der Waals surface area (Å²) in [5.41, 5.74) is 2.39. The number of aryl methyl sites for hydroxylation is 1. The van der Waals surface area contributed by atoms with E-state index < -0.39 is 28.7 Å². The number of nitriles is 1. The van der Waals surface area contributed by atoms with E-state index in [-0.39, 0.29) is 39.9 Å². The summed E-state index contributed by atoms with van der Waals surface area (Å²) in [6.45, 7) is 3.60. The fourth-order valence-corrected chi connectivity index (χ4v) is 7.43. The number of nitrogens with zero attached hydrogens (tertiary/aromatic N) is 1. The largest absolute Gasteiger partial charge is 0.530 e. The molecule has 3 unspecified atom stereocenters. The number of methoxy groups -OCH3 is 2. The van der Waals surface area contributed by atoms with Gasteiger partial charge in [-0.15, -0.1) is 5.26 Å². The number of aldehydes is 3. The van der Waals surface area contributed by atoms with Crippen molar-refractivity contribution in [3.8, 4) is 46.5 Å². The third-order valence-corrected chi connectivity index (χ3v) is 10.5. The highest BCUT2D eigenvalue weighted by atomic mass is 31.2. The van der Waals surface area contributed by atoms with Gasteiger partial charge in [0.15, 0.2) is 17.8 Å². The molecule has 5 aromatic carbocycles. The normalized spacial score (nSPS) is 13.6. The number of carbonyl (C=O) groups excluding carboxylic acids is 4. The molecule has 0 amide bonds. The minimum atomic E-state index is -2.44.